The maximum Gasteiger partial charge on any atom is 0.428 e. The molecule has 9 heteroatoms. The zero-order valence-corrected chi connectivity index (χ0v) is 17.9. The first-order valence-electron chi connectivity index (χ1n) is 8.82. The summed E-state index contributed by atoms with van der Waals surface area (Å²) in [4.78, 5) is 10.8. The smallest absolute Gasteiger partial charge is 0.428 e. The van der Waals surface area contributed by atoms with E-state index in [1.807, 2.05) is 0 Å². The molecule has 164 valence electrons. The lowest BCUT2D eigenvalue weighted by Crippen LogP contribution is -2.38. The summed E-state index contributed by atoms with van der Waals surface area (Å²) in [5.74, 6) is -2.39. The fraction of sp³-hybridized carbons (Fsp3) is 0.286. The average Bonchev–Trinajstić information content (AvgIpc) is 2.65. The van der Waals surface area contributed by atoms with E-state index in [-0.39, 0.29) is 0 Å². The number of esters is 1. The van der Waals surface area contributed by atoms with E-state index in [4.69, 9.17) is 0 Å². The Balaban J connectivity index is 0.000000346. The molecule has 0 atom stereocenters. The van der Waals surface area contributed by atoms with Gasteiger partial charge in [0, 0.05) is 5.56 Å². The zero-order chi connectivity index (χ0) is 23.0. The first-order chi connectivity index (χ1) is 13.8. The van der Waals surface area contributed by atoms with E-state index in [2.05, 4.69) is 62.8 Å². The number of quaternary nitrogens is 1. The van der Waals surface area contributed by atoms with Crippen molar-refractivity contribution >= 4 is 22.2 Å². The number of benzene rings is 2. The fourth-order valence-electron chi connectivity index (χ4n) is 2.22. The van der Waals surface area contributed by atoms with Crippen LogP contribution in [0.2, 0.25) is 0 Å². The van der Waals surface area contributed by atoms with Gasteiger partial charge in [-0.05, 0) is 11.1 Å². The molecule has 0 bridgehead atoms. The quantitative estimate of drug-likeness (QED) is 0.374. The summed E-state index contributed by atoms with van der Waals surface area (Å²) in [5.41, 5.74) is 2.53. The molecule has 2 aromatic rings. The van der Waals surface area contributed by atoms with Crippen molar-refractivity contribution < 1.29 is 35.8 Å². The lowest BCUT2D eigenvalue weighted by atomic mass is 10.1. The molecule has 0 aliphatic carbocycles. The summed E-state index contributed by atoms with van der Waals surface area (Å²) in [7, 11) is 0.516. The second kappa shape index (κ2) is 10.4. The molecule has 0 amide bonds. The van der Waals surface area contributed by atoms with Gasteiger partial charge in [-0.25, -0.2) is 13.2 Å². The zero-order valence-electron chi connectivity index (χ0n) is 17.0. The van der Waals surface area contributed by atoms with E-state index in [1.165, 1.54) is 17.7 Å². The van der Waals surface area contributed by atoms with Crippen LogP contribution in [-0.2, 0) is 32.8 Å². The topological polar surface area (TPSA) is 83.5 Å². The maximum atomic E-state index is 12.8. The number of hydrogen-bond acceptors (Lipinski definition) is 5. The number of nitrogens with zero attached hydrogens (tertiary/aromatic N) is 1. The predicted octanol–water partition coefficient (Wildman–Crippen LogP) is 3.40. The van der Waals surface area contributed by atoms with Crippen LogP contribution in [-0.4, -0.2) is 49.8 Å². The Morgan fingerprint density at radius 3 is 2.03 bits per heavy atom. The molecule has 2 aromatic carbocycles. The fourth-order valence-corrected chi connectivity index (χ4v) is 2.48. The van der Waals surface area contributed by atoms with E-state index in [0.717, 1.165) is 16.6 Å². The van der Waals surface area contributed by atoms with Gasteiger partial charge in [0.2, 0.25) is 0 Å². The summed E-state index contributed by atoms with van der Waals surface area (Å²) in [6.45, 7) is 4.04. The van der Waals surface area contributed by atoms with Crippen LogP contribution in [0.4, 0.5) is 8.78 Å². The molecule has 6 nitrogen and oxygen atoms in total. The molecule has 2 rings (SSSR count). The third-order valence-corrected chi connectivity index (χ3v) is 4.43. The summed E-state index contributed by atoms with van der Waals surface area (Å²) >= 11 is 0. The van der Waals surface area contributed by atoms with Crippen LogP contribution in [0.25, 0.3) is 6.08 Å². The summed E-state index contributed by atoms with van der Waals surface area (Å²) in [5, 5.41) is -5.09. The molecule has 0 saturated heterocycles. The molecule has 0 fully saturated rings. The third-order valence-electron chi connectivity index (χ3n) is 3.64. The molecule has 0 aliphatic heterocycles. The van der Waals surface area contributed by atoms with Crippen LogP contribution < -0.4 is 0 Å². The highest BCUT2D eigenvalue weighted by Gasteiger charge is 2.48. The van der Waals surface area contributed by atoms with Crippen molar-refractivity contribution in [2.45, 2.75) is 18.4 Å². The number of ether oxygens (including phenoxy) is 1. The highest BCUT2D eigenvalue weighted by molar-refractivity contribution is 7.87. The van der Waals surface area contributed by atoms with Gasteiger partial charge in [-0.15, -0.1) is 0 Å². The molecular formula is C21H25F2NO5S. The molecule has 0 saturated carbocycles. The Labute approximate surface area is 175 Å². The van der Waals surface area contributed by atoms with Crippen LogP contribution in [0.1, 0.15) is 16.7 Å². The van der Waals surface area contributed by atoms with Crippen molar-refractivity contribution in [1.82, 2.24) is 0 Å². The highest BCUT2D eigenvalue weighted by Crippen LogP contribution is 2.22. The lowest BCUT2D eigenvalue weighted by Gasteiger charge is -2.23. The van der Waals surface area contributed by atoms with Gasteiger partial charge in [-0.2, -0.15) is 8.78 Å². The average molecular weight is 441 g/mol. The molecule has 0 aromatic heterocycles. The van der Waals surface area contributed by atoms with Crippen LogP contribution in [0, 0.1) is 0 Å². The van der Waals surface area contributed by atoms with Crippen molar-refractivity contribution in [3.8, 4) is 0 Å². The van der Waals surface area contributed by atoms with Crippen molar-refractivity contribution in [3.05, 3.63) is 77.9 Å². The van der Waals surface area contributed by atoms with Gasteiger partial charge in [0.15, 0.2) is 10.1 Å². The summed E-state index contributed by atoms with van der Waals surface area (Å²) < 4.78 is 61.1. The molecular weight excluding hydrogens is 416 g/mol. The van der Waals surface area contributed by atoms with Crippen LogP contribution in [0.5, 0.6) is 0 Å². The normalized spacial score (nSPS) is 11.8. The minimum absolute atomic E-state index is 0.359. The number of carbonyl (C=O) groups excluding carboxylic acids is 1. The number of halogens is 2. The summed E-state index contributed by atoms with van der Waals surface area (Å²) in [6.07, 6.45) is 1.55. The van der Waals surface area contributed by atoms with Gasteiger partial charge in [0.05, 0.1) is 21.1 Å². The molecule has 0 N–H and O–H groups in total. The van der Waals surface area contributed by atoms with Gasteiger partial charge in [0.1, 0.15) is 13.2 Å². The largest absolute Gasteiger partial charge is 0.743 e. The molecule has 0 radical (unpaired) electrons. The monoisotopic (exact) mass is 441 g/mol. The standard InChI is InChI=1S/C11H10F2O5S.C10H16N/c1-2-8-3-5-9(6-4-8)7-18-10(14)11(12,13)19(15,16)17;1-11(2,3)9-10-7-5-4-6-8-10/h2-6H,1,7H2,(H,15,16,17);4-8H,9H2,1-3H3/q;+1/p-1. The van der Waals surface area contributed by atoms with Gasteiger partial charge in [0.25, 0.3) is 0 Å². The number of alkyl halides is 2. The predicted molar refractivity (Wildman–Crippen MR) is 109 cm³/mol. The minimum atomic E-state index is -6.09. The van der Waals surface area contributed by atoms with Crippen LogP contribution in [0.15, 0.2) is 61.2 Å². The first-order valence-corrected chi connectivity index (χ1v) is 10.2. The van der Waals surface area contributed by atoms with Crippen LogP contribution in [0.3, 0.4) is 0 Å². The van der Waals surface area contributed by atoms with Crippen molar-refractivity contribution in [1.29, 1.82) is 0 Å². The van der Waals surface area contributed by atoms with Gasteiger partial charge < -0.3 is 13.8 Å². The van der Waals surface area contributed by atoms with E-state index in [9.17, 15) is 26.5 Å². The second-order valence-electron chi connectivity index (χ2n) is 7.43. The minimum Gasteiger partial charge on any atom is -0.743 e. The van der Waals surface area contributed by atoms with Crippen molar-refractivity contribution in [2.75, 3.05) is 21.1 Å². The lowest BCUT2D eigenvalue weighted by molar-refractivity contribution is -0.884. The third kappa shape index (κ3) is 8.40. The molecule has 0 heterocycles. The SMILES string of the molecule is C=Cc1ccc(COC(=O)C(F)(F)S(=O)(=O)[O-])cc1.C[N+](C)(C)Cc1ccccc1. The van der Waals surface area contributed by atoms with Gasteiger partial charge in [-0.3, -0.25) is 0 Å². The molecule has 0 unspecified atom stereocenters. The molecule has 30 heavy (non-hydrogen) atoms. The Morgan fingerprint density at radius 1 is 1.07 bits per heavy atom. The van der Waals surface area contributed by atoms with Gasteiger partial charge in [-0.1, -0.05) is 67.3 Å². The van der Waals surface area contributed by atoms with E-state index in [0.29, 0.717) is 5.56 Å². The number of rotatable bonds is 7. The molecule has 0 aliphatic rings. The Hall–Kier alpha value is -2.62. The van der Waals surface area contributed by atoms with E-state index >= 15 is 0 Å². The van der Waals surface area contributed by atoms with E-state index in [1.54, 1.807) is 18.2 Å². The van der Waals surface area contributed by atoms with Gasteiger partial charge >= 0.3 is 11.2 Å². The number of carbonyl (C=O) groups is 1. The highest BCUT2D eigenvalue weighted by atomic mass is 32.2. The Morgan fingerprint density at radius 2 is 1.60 bits per heavy atom. The van der Waals surface area contributed by atoms with E-state index < -0.39 is 27.9 Å². The van der Waals surface area contributed by atoms with Crippen molar-refractivity contribution in [3.63, 3.8) is 0 Å². The summed E-state index contributed by atoms with van der Waals surface area (Å²) in [6, 6.07) is 16.7. The Kier molecular flexibility index (Phi) is 8.83. The molecule has 0 spiro atoms. The maximum absolute atomic E-state index is 12.8. The first kappa shape index (κ1) is 25.4. The Bertz CT molecular complexity index is 938. The van der Waals surface area contributed by atoms with Crippen molar-refractivity contribution in [2.24, 2.45) is 0 Å². The second-order valence-corrected chi connectivity index (χ2v) is 8.85. The number of hydrogen-bond donors (Lipinski definition) is 0. The van der Waals surface area contributed by atoms with Crippen LogP contribution >= 0.6 is 0 Å².